The van der Waals surface area contributed by atoms with Crippen LogP contribution in [0.4, 0.5) is 0 Å². The summed E-state index contributed by atoms with van der Waals surface area (Å²) in [5.74, 6) is -1.05. The summed E-state index contributed by atoms with van der Waals surface area (Å²) in [5.41, 5.74) is 5.77. The van der Waals surface area contributed by atoms with Gasteiger partial charge in [0.15, 0.2) is 5.96 Å². The van der Waals surface area contributed by atoms with Crippen molar-refractivity contribution >= 4 is 17.8 Å². The van der Waals surface area contributed by atoms with Crippen molar-refractivity contribution in [2.75, 3.05) is 26.3 Å². The number of nitrogens with two attached hydrogens (primary N) is 1. The number of hydrogen-bond acceptors (Lipinski definition) is 5. The number of carbonyl (C=O) groups is 2. The molecule has 1 saturated heterocycles. The molecule has 1 aliphatic carbocycles. The molecule has 9 nitrogen and oxygen atoms in total. The quantitative estimate of drug-likeness (QED) is 0.306. The minimum absolute atomic E-state index is 0.187. The maximum atomic E-state index is 11.8. The standard InChI is InChI=1S/C18H31N5O4/c1-3-27-10-12-5-4-6-23(9-12)15-8-13(17(25)26)7-14(22-18(19)20)16(15)21-11(2)24/h8,12,14-16H,3-7,9-10H2,1-2H3,(H,21,24)(H,25,26)(H4,19,20,22)/t12-,14+,15-,16-/m1/s1. The molecule has 1 fully saturated rings. The first-order chi connectivity index (χ1) is 12.8. The first-order valence-corrected chi connectivity index (χ1v) is 9.45. The largest absolute Gasteiger partial charge is 0.478 e. The lowest BCUT2D eigenvalue weighted by Crippen LogP contribution is -2.64. The average Bonchev–Trinajstić information content (AvgIpc) is 2.60. The summed E-state index contributed by atoms with van der Waals surface area (Å²) in [6.07, 6.45) is 3.98. The van der Waals surface area contributed by atoms with E-state index in [0.29, 0.717) is 19.1 Å². The Morgan fingerprint density at radius 3 is 2.78 bits per heavy atom. The fourth-order valence-electron chi connectivity index (χ4n) is 4.02. The number of hydrogen-bond donors (Lipinski definition) is 5. The minimum Gasteiger partial charge on any atom is -0.478 e. The highest BCUT2D eigenvalue weighted by molar-refractivity contribution is 5.87. The van der Waals surface area contributed by atoms with Crippen LogP contribution in [0, 0.1) is 11.3 Å². The van der Waals surface area contributed by atoms with E-state index in [1.54, 1.807) is 6.08 Å². The number of rotatable bonds is 7. The van der Waals surface area contributed by atoms with Gasteiger partial charge in [0.05, 0.1) is 24.7 Å². The van der Waals surface area contributed by atoms with Gasteiger partial charge in [-0.25, -0.2) is 4.79 Å². The Balaban J connectivity index is 2.28. The number of carboxylic acid groups (broad SMARTS) is 1. The molecule has 1 heterocycles. The van der Waals surface area contributed by atoms with Crippen LogP contribution < -0.4 is 16.4 Å². The van der Waals surface area contributed by atoms with Gasteiger partial charge in [-0.15, -0.1) is 0 Å². The number of nitrogens with one attached hydrogen (secondary N) is 3. The van der Waals surface area contributed by atoms with E-state index < -0.39 is 12.0 Å². The molecule has 4 atom stereocenters. The van der Waals surface area contributed by atoms with Crippen LogP contribution in [0.5, 0.6) is 0 Å². The second-order valence-corrected chi connectivity index (χ2v) is 7.25. The molecule has 2 aliphatic rings. The van der Waals surface area contributed by atoms with E-state index >= 15 is 0 Å². The molecular weight excluding hydrogens is 350 g/mol. The predicted molar refractivity (Wildman–Crippen MR) is 101 cm³/mol. The van der Waals surface area contributed by atoms with E-state index in [0.717, 1.165) is 25.9 Å². The fourth-order valence-corrected chi connectivity index (χ4v) is 4.02. The smallest absolute Gasteiger partial charge is 0.331 e. The zero-order valence-corrected chi connectivity index (χ0v) is 16.0. The van der Waals surface area contributed by atoms with Gasteiger partial charge in [-0.1, -0.05) is 6.08 Å². The highest BCUT2D eigenvalue weighted by atomic mass is 16.5. The summed E-state index contributed by atoms with van der Waals surface area (Å²) >= 11 is 0. The topological polar surface area (TPSA) is 141 Å². The molecule has 0 aromatic carbocycles. The highest BCUT2D eigenvalue weighted by Gasteiger charge is 2.40. The second-order valence-electron chi connectivity index (χ2n) is 7.25. The lowest BCUT2D eigenvalue weighted by molar-refractivity contribution is -0.133. The molecule has 0 aromatic rings. The molecule has 152 valence electrons. The number of carboxylic acids is 1. The second kappa shape index (κ2) is 9.70. The molecule has 1 amide bonds. The monoisotopic (exact) mass is 381 g/mol. The van der Waals surface area contributed by atoms with Crippen molar-refractivity contribution < 1.29 is 19.4 Å². The average molecular weight is 381 g/mol. The highest BCUT2D eigenvalue weighted by Crippen LogP contribution is 2.28. The molecule has 9 heteroatoms. The summed E-state index contributed by atoms with van der Waals surface area (Å²) < 4.78 is 5.57. The van der Waals surface area contributed by atoms with Gasteiger partial charge in [-0.05, 0) is 32.2 Å². The van der Waals surface area contributed by atoms with E-state index in [2.05, 4.69) is 15.5 Å². The molecule has 0 saturated carbocycles. The number of ether oxygens (including phenoxy) is 1. The Labute approximate surface area is 159 Å². The van der Waals surface area contributed by atoms with E-state index in [1.165, 1.54) is 6.92 Å². The lowest BCUT2D eigenvalue weighted by atomic mass is 9.84. The van der Waals surface area contributed by atoms with Crippen LogP contribution in [0.25, 0.3) is 0 Å². The maximum Gasteiger partial charge on any atom is 0.331 e. The third kappa shape index (κ3) is 5.93. The van der Waals surface area contributed by atoms with Crippen molar-refractivity contribution in [3.8, 4) is 0 Å². The van der Waals surface area contributed by atoms with Crippen LogP contribution in [0.3, 0.4) is 0 Å². The van der Waals surface area contributed by atoms with Crippen LogP contribution in [-0.2, 0) is 14.3 Å². The molecule has 0 spiro atoms. The number of carbonyl (C=O) groups excluding carboxylic acids is 1. The van der Waals surface area contributed by atoms with Gasteiger partial charge in [-0.2, -0.15) is 0 Å². The van der Waals surface area contributed by atoms with Crippen molar-refractivity contribution in [1.29, 1.82) is 5.41 Å². The Morgan fingerprint density at radius 1 is 1.44 bits per heavy atom. The van der Waals surface area contributed by atoms with Gasteiger partial charge in [0.25, 0.3) is 0 Å². The third-order valence-corrected chi connectivity index (χ3v) is 5.13. The van der Waals surface area contributed by atoms with E-state index in [4.69, 9.17) is 15.9 Å². The zero-order valence-electron chi connectivity index (χ0n) is 16.0. The van der Waals surface area contributed by atoms with Crippen molar-refractivity contribution in [3.63, 3.8) is 0 Å². The normalized spacial score (nSPS) is 28.9. The summed E-state index contributed by atoms with van der Waals surface area (Å²) in [7, 11) is 0. The number of piperidine rings is 1. The zero-order chi connectivity index (χ0) is 20.0. The molecular formula is C18H31N5O4. The van der Waals surface area contributed by atoms with Gasteiger partial charge >= 0.3 is 5.97 Å². The number of aliphatic carboxylic acids is 1. The Hall–Kier alpha value is -2.13. The van der Waals surface area contributed by atoms with Gasteiger partial charge in [0.2, 0.25) is 5.91 Å². The van der Waals surface area contributed by atoms with E-state index in [-0.39, 0.29) is 35.9 Å². The minimum atomic E-state index is -0.987. The number of amides is 1. The molecule has 27 heavy (non-hydrogen) atoms. The molecule has 6 N–H and O–H groups in total. The van der Waals surface area contributed by atoms with Crippen LogP contribution in [0.1, 0.15) is 33.1 Å². The third-order valence-electron chi connectivity index (χ3n) is 5.13. The Bertz CT molecular complexity index is 594. The molecule has 2 rings (SSSR count). The molecule has 0 bridgehead atoms. The molecule has 1 aliphatic heterocycles. The molecule has 0 aromatic heterocycles. The first-order valence-electron chi connectivity index (χ1n) is 9.45. The van der Waals surface area contributed by atoms with Crippen molar-refractivity contribution in [3.05, 3.63) is 11.6 Å². The van der Waals surface area contributed by atoms with Gasteiger partial charge in [0, 0.05) is 32.1 Å². The van der Waals surface area contributed by atoms with Gasteiger partial charge in [0.1, 0.15) is 0 Å². The maximum absolute atomic E-state index is 11.8. The number of guanidine groups is 1. The Morgan fingerprint density at radius 2 is 2.19 bits per heavy atom. The van der Waals surface area contributed by atoms with Gasteiger partial charge in [-0.3, -0.25) is 15.1 Å². The summed E-state index contributed by atoms with van der Waals surface area (Å²) in [6.45, 7) is 6.34. The van der Waals surface area contributed by atoms with E-state index in [1.807, 2.05) is 6.92 Å². The fraction of sp³-hybridized carbons (Fsp3) is 0.722. The number of likely N-dealkylation sites (tertiary alicyclic amines) is 1. The predicted octanol–water partition coefficient (Wildman–Crippen LogP) is -0.125. The SMILES string of the molecule is CCOC[C@@H]1CCCN([C@@H]2C=C(C(=O)O)C[C@H](NC(=N)N)[C@H]2NC(C)=O)C1. The van der Waals surface area contributed by atoms with Crippen molar-refractivity contribution in [1.82, 2.24) is 15.5 Å². The lowest BCUT2D eigenvalue weighted by Gasteiger charge is -2.45. The van der Waals surface area contributed by atoms with Crippen LogP contribution in [0.2, 0.25) is 0 Å². The summed E-state index contributed by atoms with van der Waals surface area (Å²) in [4.78, 5) is 25.6. The van der Waals surface area contributed by atoms with E-state index in [9.17, 15) is 14.7 Å². The molecule has 0 unspecified atom stereocenters. The number of nitrogens with zero attached hydrogens (tertiary/aromatic N) is 1. The molecule has 0 radical (unpaired) electrons. The van der Waals surface area contributed by atoms with Crippen LogP contribution in [0.15, 0.2) is 11.6 Å². The Kier molecular flexibility index (Phi) is 7.61. The van der Waals surface area contributed by atoms with Crippen molar-refractivity contribution in [2.24, 2.45) is 11.7 Å². The van der Waals surface area contributed by atoms with Crippen molar-refractivity contribution in [2.45, 2.75) is 51.2 Å². The first kappa shape index (κ1) is 21.2. The van der Waals surface area contributed by atoms with Gasteiger partial charge < -0.3 is 26.2 Å². The summed E-state index contributed by atoms with van der Waals surface area (Å²) in [6, 6.07) is -1.12. The van der Waals surface area contributed by atoms with Crippen LogP contribution in [-0.4, -0.2) is 72.3 Å². The van der Waals surface area contributed by atoms with Crippen LogP contribution >= 0.6 is 0 Å². The summed E-state index contributed by atoms with van der Waals surface area (Å²) in [5, 5.41) is 22.9.